The van der Waals surface area contributed by atoms with Crippen LogP contribution in [0.3, 0.4) is 0 Å². The minimum absolute atomic E-state index is 0.0459. The van der Waals surface area contributed by atoms with Crippen molar-refractivity contribution in [2.45, 2.75) is 32.1 Å². The Morgan fingerprint density at radius 1 is 0.929 bits per heavy atom. The van der Waals surface area contributed by atoms with E-state index in [1.165, 1.54) is 25.7 Å². The van der Waals surface area contributed by atoms with Crippen LogP contribution in [-0.2, 0) is 4.79 Å². The fraction of sp³-hybridized carbons (Fsp3) is 0.226. The molecule has 0 aliphatic heterocycles. The van der Waals surface area contributed by atoms with Gasteiger partial charge in [0.15, 0.2) is 11.5 Å². The zero-order valence-electron chi connectivity index (χ0n) is 22.8. The summed E-state index contributed by atoms with van der Waals surface area (Å²) in [5.74, 6) is 0.571. The minimum atomic E-state index is -0.417. The Morgan fingerprint density at radius 3 is 2.64 bits per heavy atom. The number of amides is 1. The number of carbonyl (C=O) groups is 1. The summed E-state index contributed by atoms with van der Waals surface area (Å²) >= 11 is 0. The largest absolute Gasteiger partial charge is 0.497 e. The first-order valence-electron chi connectivity index (χ1n) is 13.9. The number of aromatic amines is 2. The fourth-order valence-corrected chi connectivity index (χ4v) is 5.57. The molecule has 1 aliphatic rings. The summed E-state index contributed by atoms with van der Waals surface area (Å²) in [4.78, 5) is 34.5. The maximum atomic E-state index is 14.3. The number of pyridine rings is 3. The van der Waals surface area contributed by atoms with Gasteiger partial charge in [-0.15, -0.1) is 0 Å². The molecule has 42 heavy (non-hydrogen) atoms. The van der Waals surface area contributed by atoms with Crippen LogP contribution in [0.2, 0.25) is 0 Å². The number of imidazole rings is 1. The number of hydrogen-bond donors (Lipinski definition) is 3. The maximum Gasteiger partial charge on any atom is 0.227 e. The lowest BCUT2D eigenvalue weighted by atomic mass is 9.88. The maximum absolute atomic E-state index is 14.3. The molecule has 1 fully saturated rings. The predicted octanol–water partition coefficient (Wildman–Crippen LogP) is 6.29. The molecular formula is C31H27FN8O2. The van der Waals surface area contributed by atoms with Gasteiger partial charge in [-0.2, -0.15) is 5.10 Å². The predicted molar refractivity (Wildman–Crippen MR) is 157 cm³/mol. The number of hydrogen-bond acceptors (Lipinski definition) is 7. The van der Waals surface area contributed by atoms with Crippen LogP contribution < -0.4 is 10.1 Å². The summed E-state index contributed by atoms with van der Waals surface area (Å²) in [5, 5.41) is 10.6. The van der Waals surface area contributed by atoms with Crippen molar-refractivity contribution >= 4 is 33.7 Å². The van der Waals surface area contributed by atoms with Crippen LogP contribution in [-0.4, -0.2) is 48.1 Å². The zero-order valence-corrected chi connectivity index (χ0v) is 22.8. The van der Waals surface area contributed by atoms with Crippen LogP contribution in [0.1, 0.15) is 32.1 Å². The molecule has 0 saturated heterocycles. The first-order valence-corrected chi connectivity index (χ1v) is 13.9. The number of rotatable bonds is 6. The van der Waals surface area contributed by atoms with Gasteiger partial charge < -0.3 is 15.0 Å². The van der Waals surface area contributed by atoms with Crippen molar-refractivity contribution in [1.82, 2.24) is 35.1 Å². The number of ether oxygens (including phenoxy) is 1. The summed E-state index contributed by atoms with van der Waals surface area (Å²) in [7, 11) is 1.49. The van der Waals surface area contributed by atoms with Crippen molar-refractivity contribution in [2.75, 3.05) is 12.4 Å². The molecule has 5 aromatic heterocycles. The Bertz CT molecular complexity index is 1940. The van der Waals surface area contributed by atoms with Gasteiger partial charge >= 0.3 is 0 Å². The van der Waals surface area contributed by atoms with Crippen molar-refractivity contribution in [3.8, 4) is 39.7 Å². The average Bonchev–Trinajstić information content (AvgIpc) is 3.65. The Morgan fingerprint density at radius 2 is 1.79 bits per heavy atom. The second-order valence-corrected chi connectivity index (χ2v) is 10.5. The number of fused-ring (bicyclic) bond motifs is 2. The number of anilines is 1. The highest BCUT2D eigenvalue weighted by Gasteiger charge is 2.22. The summed E-state index contributed by atoms with van der Waals surface area (Å²) in [6.45, 7) is 0. The molecule has 0 unspecified atom stereocenters. The first-order chi connectivity index (χ1) is 20.6. The molecular weight excluding hydrogens is 535 g/mol. The Kier molecular flexibility index (Phi) is 6.54. The van der Waals surface area contributed by atoms with E-state index in [0.717, 1.165) is 36.8 Å². The first kappa shape index (κ1) is 25.8. The van der Waals surface area contributed by atoms with Crippen molar-refractivity contribution in [3.05, 3.63) is 67.0 Å². The normalized spacial score (nSPS) is 14.0. The van der Waals surface area contributed by atoms with E-state index in [0.29, 0.717) is 56.3 Å². The number of nitrogens with one attached hydrogen (secondary N) is 3. The van der Waals surface area contributed by atoms with Crippen LogP contribution in [0.5, 0.6) is 5.75 Å². The molecule has 3 N–H and O–H groups in total. The smallest absolute Gasteiger partial charge is 0.227 e. The molecule has 1 aliphatic carbocycles. The molecule has 11 heteroatoms. The van der Waals surface area contributed by atoms with Crippen LogP contribution in [0.15, 0.2) is 61.2 Å². The second kappa shape index (κ2) is 10.7. The van der Waals surface area contributed by atoms with Crippen LogP contribution in [0, 0.1) is 11.7 Å². The molecule has 7 rings (SSSR count). The van der Waals surface area contributed by atoms with E-state index >= 15 is 0 Å². The highest BCUT2D eigenvalue weighted by atomic mass is 19.1. The van der Waals surface area contributed by atoms with E-state index in [1.54, 1.807) is 30.9 Å². The Labute approximate surface area is 239 Å². The molecule has 0 bridgehead atoms. The third-order valence-electron chi connectivity index (χ3n) is 7.72. The van der Waals surface area contributed by atoms with Gasteiger partial charge in [-0.3, -0.25) is 19.9 Å². The molecule has 6 aromatic rings. The number of H-pyrrole nitrogens is 2. The molecule has 5 heterocycles. The molecule has 1 saturated carbocycles. The second-order valence-electron chi connectivity index (χ2n) is 10.5. The minimum Gasteiger partial charge on any atom is -0.497 e. The van der Waals surface area contributed by atoms with E-state index in [9.17, 15) is 9.18 Å². The number of benzene rings is 1. The van der Waals surface area contributed by atoms with E-state index in [4.69, 9.17) is 14.7 Å². The summed E-state index contributed by atoms with van der Waals surface area (Å²) < 4.78 is 19.5. The summed E-state index contributed by atoms with van der Waals surface area (Å²) in [6.07, 6.45) is 11.9. The average molecular weight is 563 g/mol. The van der Waals surface area contributed by atoms with E-state index in [1.807, 2.05) is 18.2 Å². The van der Waals surface area contributed by atoms with Crippen molar-refractivity contribution in [2.24, 2.45) is 5.92 Å². The van der Waals surface area contributed by atoms with E-state index in [-0.39, 0.29) is 11.8 Å². The van der Waals surface area contributed by atoms with Crippen LogP contribution in [0.25, 0.3) is 56.0 Å². The summed E-state index contributed by atoms with van der Waals surface area (Å²) in [5.41, 5.74) is 6.50. The number of nitrogens with zero attached hydrogens (tertiary/aromatic N) is 5. The van der Waals surface area contributed by atoms with Crippen molar-refractivity contribution in [1.29, 1.82) is 0 Å². The highest BCUT2D eigenvalue weighted by molar-refractivity contribution is 5.96. The number of halogens is 1. The lowest BCUT2D eigenvalue weighted by Crippen LogP contribution is -2.24. The molecule has 1 amide bonds. The van der Waals surface area contributed by atoms with Gasteiger partial charge in [0.2, 0.25) is 5.91 Å². The lowest BCUT2D eigenvalue weighted by molar-refractivity contribution is -0.120. The van der Waals surface area contributed by atoms with Gasteiger partial charge in [-0.25, -0.2) is 14.4 Å². The monoisotopic (exact) mass is 562 g/mol. The number of methoxy groups -OCH3 is 1. The third-order valence-corrected chi connectivity index (χ3v) is 7.72. The zero-order chi connectivity index (χ0) is 28.6. The quantitative estimate of drug-likeness (QED) is 0.217. The number of carbonyl (C=O) groups excluding carboxylic acids is 1. The SMILES string of the molecule is COc1cc(F)cc(-c2cncc3[nH]c(-c4n[nH]c5ccc(-c6cncc(NC(=O)C7CCCCC7)c6)nc45)nc23)c1. The topological polar surface area (TPSA) is 134 Å². The standard InChI is InChI=1S/C31H27FN8O2/c1-42-22-11-18(9-20(32)12-22)23-15-34-16-26-27(23)38-30(37-26)29-28-25(39-40-29)8-7-24(36-28)19-10-21(14-33-13-19)35-31(41)17-5-3-2-4-6-17/h7-17H,2-6H2,1H3,(H,35,41)(H,37,38)(H,39,40). The Hall–Kier alpha value is -5.19. The van der Waals surface area contributed by atoms with Crippen molar-refractivity contribution < 1.29 is 13.9 Å². The van der Waals surface area contributed by atoms with Crippen molar-refractivity contribution in [3.63, 3.8) is 0 Å². The molecule has 1 aromatic carbocycles. The molecule has 10 nitrogen and oxygen atoms in total. The number of aromatic nitrogens is 7. The molecule has 210 valence electrons. The molecule has 0 atom stereocenters. The summed E-state index contributed by atoms with van der Waals surface area (Å²) in [6, 6.07) is 10.1. The van der Waals surface area contributed by atoms with Gasteiger partial charge in [0.1, 0.15) is 17.1 Å². The molecule has 0 radical (unpaired) electrons. The van der Waals surface area contributed by atoms with E-state index < -0.39 is 5.82 Å². The van der Waals surface area contributed by atoms with Gasteiger partial charge in [0, 0.05) is 35.5 Å². The van der Waals surface area contributed by atoms with Crippen LogP contribution in [0.4, 0.5) is 10.1 Å². The van der Waals surface area contributed by atoms with Gasteiger partial charge in [-0.1, -0.05) is 19.3 Å². The van der Waals surface area contributed by atoms with Gasteiger partial charge in [-0.05, 0) is 48.7 Å². The highest BCUT2D eigenvalue weighted by Crippen LogP contribution is 2.33. The fourth-order valence-electron chi connectivity index (χ4n) is 5.57. The van der Waals surface area contributed by atoms with Gasteiger partial charge in [0.05, 0.1) is 47.4 Å². The third kappa shape index (κ3) is 4.83. The van der Waals surface area contributed by atoms with E-state index in [2.05, 4.69) is 30.5 Å². The molecule has 0 spiro atoms. The lowest BCUT2D eigenvalue weighted by Gasteiger charge is -2.20. The van der Waals surface area contributed by atoms with Gasteiger partial charge in [0.25, 0.3) is 0 Å². The Balaban J connectivity index is 1.23. The van der Waals surface area contributed by atoms with Crippen LogP contribution >= 0.6 is 0 Å².